The molecule has 0 atom stereocenters. The van der Waals surface area contributed by atoms with Crippen molar-refractivity contribution in [3.8, 4) is 0 Å². The van der Waals surface area contributed by atoms with Gasteiger partial charge in [0.2, 0.25) is 0 Å². The van der Waals surface area contributed by atoms with Crippen molar-refractivity contribution in [1.82, 2.24) is 9.55 Å². The molecule has 0 spiro atoms. The van der Waals surface area contributed by atoms with Crippen LogP contribution in [0.3, 0.4) is 0 Å². The van der Waals surface area contributed by atoms with Crippen LogP contribution in [0.25, 0.3) is 10.8 Å². The summed E-state index contributed by atoms with van der Waals surface area (Å²) in [5, 5.41) is 6.05. The van der Waals surface area contributed by atoms with Crippen LogP contribution < -0.4 is 5.32 Å². The van der Waals surface area contributed by atoms with Gasteiger partial charge in [-0.15, -0.1) is 0 Å². The van der Waals surface area contributed by atoms with Gasteiger partial charge in [-0.1, -0.05) is 30.3 Å². The number of nitrogens with one attached hydrogen (secondary N) is 1. The van der Waals surface area contributed by atoms with E-state index < -0.39 is 0 Å². The number of imidazole rings is 1. The van der Waals surface area contributed by atoms with Crippen molar-refractivity contribution in [1.29, 1.82) is 0 Å². The smallest absolute Gasteiger partial charge is 0.0951 e. The molecule has 4 rings (SSSR count). The minimum absolute atomic E-state index is 0.686. The van der Waals surface area contributed by atoms with Gasteiger partial charge in [0.1, 0.15) is 0 Å². The molecule has 0 unspecified atom stereocenters. The highest BCUT2D eigenvalue weighted by Gasteiger charge is 2.24. The van der Waals surface area contributed by atoms with E-state index in [1.807, 2.05) is 12.5 Å². The minimum atomic E-state index is 0.686. The Morgan fingerprint density at radius 1 is 1.10 bits per heavy atom. The molecule has 0 amide bonds. The molecule has 3 aromatic rings. The number of anilines is 1. The monoisotopic (exact) mass is 263 g/mol. The molecule has 1 fully saturated rings. The molecule has 1 N–H and O–H groups in total. The van der Waals surface area contributed by atoms with Crippen LogP contribution in [0.5, 0.6) is 0 Å². The number of nitrogens with zero attached hydrogens (tertiary/aromatic N) is 2. The van der Waals surface area contributed by atoms with Gasteiger partial charge in [-0.25, -0.2) is 4.98 Å². The predicted molar refractivity (Wildman–Crippen MR) is 81.8 cm³/mol. The molecule has 100 valence electrons. The first-order valence-corrected chi connectivity index (χ1v) is 7.13. The lowest BCUT2D eigenvalue weighted by Crippen LogP contribution is -2.05. The maximum atomic E-state index is 4.27. The van der Waals surface area contributed by atoms with E-state index in [0.717, 1.165) is 12.2 Å². The summed E-state index contributed by atoms with van der Waals surface area (Å²) in [4.78, 5) is 4.27. The van der Waals surface area contributed by atoms with Crippen molar-refractivity contribution in [3.63, 3.8) is 0 Å². The molecule has 1 heterocycles. The summed E-state index contributed by atoms with van der Waals surface area (Å²) < 4.78 is 2.30. The standard InChI is InChI=1S/C17H17N3/c1-2-4-14-9-15(6-5-13(14)3-1)19-11-17-10-18-12-20(17)16-7-8-16/h1-6,9-10,12,16,19H,7-8,11H2. The van der Waals surface area contributed by atoms with E-state index in [2.05, 4.69) is 57.3 Å². The average Bonchev–Trinajstić information content (AvgIpc) is 3.23. The van der Waals surface area contributed by atoms with Gasteiger partial charge in [0, 0.05) is 17.9 Å². The maximum absolute atomic E-state index is 4.27. The minimum Gasteiger partial charge on any atom is -0.379 e. The fraction of sp³-hybridized carbons (Fsp3) is 0.235. The van der Waals surface area contributed by atoms with Crippen LogP contribution in [-0.2, 0) is 6.54 Å². The van der Waals surface area contributed by atoms with Gasteiger partial charge < -0.3 is 9.88 Å². The van der Waals surface area contributed by atoms with E-state index in [4.69, 9.17) is 0 Å². The first-order chi connectivity index (χ1) is 9.90. The van der Waals surface area contributed by atoms with Gasteiger partial charge in [0.15, 0.2) is 0 Å². The lowest BCUT2D eigenvalue weighted by molar-refractivity contribution is 0.701. The number of rotatable bonds is 4. The quantitative estimate of drug-likeness (QED) is 0.771. The summed E-state index contributed by atoms with van der Waals surface area (Å²) in [6.07, 6.45) is 6.50. The number of fused-ring (bicyclic) bond motifs is 1. The first-order valence-electron chi connectivity index (χ1n) is 7.13. The zero-order valence-electron chi connectivity index (χ0n) is 11.3. The van der Waals surface area contributed by atoms with Crippen LogP contribution in [0.4, 0.5) is 5.69 Å². The van der Waals surface area contributed by atoms with Crippen LogP contribution in [0.15, 0.2) is 55.0 Å². The van der Waals surface area contributed by atoms with Gasteiger partial charge >= 0.3 is 0 Å². The van der Waals surface area contributed by atoms with Crippen LogP contribution in [0.2, 0.25) is 0 Å². The molecular weight excluding hydrogens is 246 g/mol. The SMILES string of the molecule is c1ccc2cc(NCc3cncn3C3CC3)ccc2c1. The Hall–Kier alpha value is -2.29. The number of hydrogen-bond acceptors (Lipinski definition) is 2. The molecular formula is C17H17N3. The van der Waals surface area contributed by atoms with Crippen LogP contribution in [-0.4, -0.2) is 9.55 Å². The Morgan fingerprint density at radius 2 is 1.95 bits per heavy atom. The van der Waals surface area contributed by atoms with Crippen molar-refractivity contribution < 1.29 is 0 Å². The van der Waals surface area contributed by atoms with E-state index in [1.54, 1.807) is 0 Å². The maximum Gasteiger partial charge on any atom is 0.0951 e. The first kappa shape index (κ1) is 11.5. The van der Waals surface area contributed by atoms with E-state index in [1.165, 1.54) is 29.3 Å². The number of aromatic nitrogens is 2. The predicted octanol–water partition coefficient (Wildman–Crippen LogP) is 3.98. The molecule has 0 bridgehead atoms. The third kappa shape index (κ3) is 2.16. The molecule has 1 aliphatic carbocycles. The van der Waals surface area contributed by atoms with Gasteiger partial charge in [-0.3, -0.25) is 0 Å². The number of hydrogen-bond donors (Lipinski definition) is 1. The summed E-state index contributed by atoms with van der Waals surface area (Å²) in [6, 6.07) is 15.6. The lowest BCUT2D eigenvalue weighted by Gasteiger charge is -2.10. The van der Waals surface area contributed by atoms with Crippen molar-refractivity contribution >= 4 is 16.5 Å². The molecule has 1 aliphatic rings. The second kappa shape index (κ2) is 4.67. The fourth-order valence-electron chi connectivity index (χ4n) is 2.64. The highest BCUT2D eigenvalue weighted by molar-refractivity contribution is 5.85. The average molecular weight is 263 g/mol. The Morgan fingerprint density at radius 3 is 2.80 bits per heavy atom. The van der Waals surface area contributed by atoms with Gasteiger partial charge in [-0.05, 0) is 35.7 Å². The molecule has 1 saturated carbocycles. The summed E-state index contributed by atoms with van der Waals surface area (Å²) >= 11 is 0. The summed E-state index contributed by atoms with van der Waals surface area (Å²) in [5.74, 6) is 0. The van der Waals surface area contributed by atoms with Gasteiger partial charge in [0.05, 0.1) is 18.6 Å². The fourth-order valence-corrected chi connectivity index (χ4v) is 2.64. The highest BCUT2D eigenvalue weighted by atomic mass is 15.1. The van der Waals surface area contributed by atoms with Gasteiger partial charge in [0.25, 0.3) is 0 Å². The number of benzene rings is 2. The Kier molecular flexibility index (Phi) is 2.69. The molecule has 0 aliphatic heterocycles. The second-order valence-electron chi connectivity index (χ2n) is 5.44. The molecule has 3 heteroatoms. The molecule has 2 aromatic carbocycles. The largest absolute Gasteiger partial charge is 0.379 e. The lowest BCUT2D eigenvalue weighted by atomic mass is 10.1. The Balaban J connectivity index is 1.53. The van der Waals surface area contributed by atoms with Crippen molar-refractivity contribution in [2.75, 3.05) is 5.32 Å². The zero-order valence-corrected chi connectivity index (χ0v) is 11.3. The van der Waals surface area contributed by atoms with E-state index >= 15 is 0 Å². The zero-order chi connectivity index (χ0) is 13.4. The van der Waals surface area contributed by atoms with Crippen LogP contribution >= 0.6 is 0 Å². The summed E-state index contributed by atoms with van der Waals surface area (Å²) in [6.45, 7) is 0.828. The van der Waals surface area contributed by atoms with Crippen molar-refractivity contribution in [3.05, 3.63) is 60.7 Å². The van der Waals surface area contributed by atoms with E-state index in [0.29, 0.717) is 6.04 Å². The Labute approximate surface area is 118 Å². The molecule has 0 saturated heterocycles. The molecule has 1 aromatic heterocycles. The van der Waals surface area contributed by atoms with Crippen molar-refractivity contribution in [2.24, 2.45) is 0 Å². The van der Waals surface area contributed by atoms with Crippen LogP contribution in [0, 0.1) is 0 Å². The Bertz CT molecular complexity index is 741. The summed E-state index contributed by atoms with van der Waals surface area (Å²) in [7, 11) is 0. The third-order valence-electron chi connectivity index (χ3n) is 3.91. The summed E-state index contributed by atoms with van der Waals surface area (Å²) in [5.41, 5.74) is 2.42. The van der Waals surface area contributed by atoms with E-state index in [-0.39, 0.29) is 0 Å². The highest BCUT2D eigenvalue weighted by Crippen LogP contribution is 2.35. The third-order valence-corrected chi connectivity index (χ3v) is 3.91. The molecule has 0 radical (unpaired) electrons. The topological polar surface area (TPSA) is 29.9 Å². The van der Waals surface area contributed by atoms with E-state index in [9.17, 15) is 0 Å². The van der Waals surface area contributed by atoms with Crippen LogP contribution in [0.1, 0.15) is 24.6 Å². The van der Waals surface area contributed by atoms with Crippen molar-refractivity contribution in [2.45, 2.75) is 25.4 Å². The molecule has 20 heavy (non-hydrogen) atoms. The second-order valence-corrected chi connectivity index (χ2v) is 5.44. The normalized spacial score (nSPS) is 14.6. The van der Waals surface area contributed by atoms with Gasteiger partial charge in [-0.2, -0.15) is 0 Å². The molecule has 3 nitrogen and oxygen atoms in total.